The first-order chi connectivity index (χ1) is 15.1. The van der Waals surface area contributed by atoms with Gasteiger partial charge in [0.15, 0.2) is 5.96 Å². The third kappa shape index (κ3) is 6.65. The lowest BCUT2D eigenvalue weighted by Gasteiger charge is -2.15. The van der Waals surface area contributed by atoms with Gasteiger partial charge in [-0.15, -0.1) is 11.3 Å². The van der Waals surface area contributed by atoms with E-state index in [9.17, 15) is 8.78 Å². The Morgan fingerprint density at radius 3 is 2.68 bits per heavy atom. The molecule has 0 spiro atoms. The number of nitrogens with one attached hydrogen (secondary N) is 2. The van der Waals surface area contributed by atoms with Gasteiger partial charge in [-0.2, -0.15) is 8.78 Å². The van der Waals surface area contributed by atoms with Crippen LogP contribution in [-0.2, 0) is 13.0 Å². The summed E-state index contributed by atoms with van der Waals surface area (Å²) in [4.78, 5) is 8.85. The zero-order chi connectivity index (χ0) is 22.1. The lowest BCUT2D eigenvalue weighted by Crippen LogP contribution is -2.38. The molecule has 0 aliphatic rings. The van der Waals surface area contributed by atoms with Crippen LogP contribution in [0.1, 0.15) is 11.3 Å². The average molecular weight is 447 g/mol. The first-order valence-electron chi connectivity index (χ1n) is 9.65. The van der Waals surface area contributed by atoms with Crippen LogP contribution in [0.25, 0.3) is 10.6 Å². The van der Waals surface area contributed by atoms with E-state index < -0.39 is 6.61 Å². The van der Waals surface area contributed by atoms with Gasteiger partial charge in [-0.3, -0.25) is 4.99 Å². The second-order valence-electron chi connectivity index (χ2n) is 6.46. The molecular weight excluding hydrogens is 422 g/mol. The molecule has 0 fully saturated rings. The van der Waals surface area contributed by atoms with E-state index in [1.54, 1.807) is 30.5 Å². The van der Waals surface area contributed by atoms with Crippen LogP contribution >= 0.6 is 11.3 Å². The molecule has 1 heterocycles. The van der Waals surface area contributed by atoms with Gasteiger partial charge in [-0.25, -0.2) is 4.98 Å². The minimum absolute atomic E-state index is 0.0923. The topological polar surface area (TPSA) is 67.8 Å². The lowest BCUT2D eigenvalue weighted by atomic mass is 10.2. The van der Waals surface area contributed by atoms with Gasteiger partial charge in [0.2, 0.25) is 0 Å². The Labute approximate surface area is 184 Å². The highest BCUT2D eigenvalue weighted by Gasteiger charge is 2.12. The van der Waals surface area contributed by atoms with Gasteiger partial charge in [-0.05, 0) is 18.2 Å². The van der Waals surface area contributed by atoms with Gasteiger partial charge < -0.3 is 20.1 Å². The van der Waals surface area contributed by atoms with Gasteiger partial charge in [0.25, 0.3) is 0 Å². The SMILES string of the molecule is CN=C(NCCc1csc(-c2ccccc2)n1)NCc1cc(OC)ccc1OC(F)F. The molecule has 0 unspecified atom stereocenters. The number of methoxy groups -OCH3 is 1. The van der Waals surface area contributed by atoms with Gasteiger partial charge in [0.05, 0.1) is 12.8 Å². The standard InChI is InChI=1S/C22H24F2N4O2S/c1-25-22(27-13-16-12-18(29-2)8-9-19(16)30-21(23)24)26-11-10-17-14-31-20(28-17)15-6-4-3-5-7-15/h3-9,12,14,21H,10-11,13H2,1-2H3,(H2,25,26,27). The number of hydrogen-bond acceptors (Lipinski definition) is 5. The maximum absolute atomic E-state index is 12.7. The van der Waals surface area contributed by atoms with Gasteiger partial charge in [0, 0.05) is 43.1 Å². The number of guanidine groups is 1. The number of nitrogens with zero attached hydrogens (tertiary/aromatic N) is 2. The summed E-state index contributed by atoms with van der Waals surface area (Å²) < 4.78 is 35.1. The van der Waals surface area contributed by atoms with Gasteiger partial charge in [-0.1, -0.05) is 30.3 Å². The molecular formula is C22H24F2N4O2S. The second-order valence-corrected chi connectivity index (χ2v) is 7.32. The molecule has 0 saturated heterocycles. The van der Waals surface area contributed by atoms with Gasteiger partial charge >= 0.3 is 6.61 Å². The summed E-state index contributed by atoms with van der Waals surface area (Å²) in [6.07, 6.45) is 0.725. The van der Waals surface area contributed by atoms with E-state index >= 15 is 0 Å². The Morgan fingerprint density at radius 2 is 1.97 bits per heavy atom. The summed E-state index contributed by atoms with van der Waals surface area (Å²) in [6.45, 7) is -2.03. The molecule has 0 aliphatic carbocycles. The minimum Gasteiger partial charge on any atom is -0.497 e. The molecule has 3 aromatic rings. The third-order valence-corrected chi connectivity index (χ3v) is 5.34. The molecule has 2 N–H and O–H groups in total. The van der Waals surface area contributed by atoms with Crippen LogP contribution in [0.15, 0.2) is 58.9 Å². The predicted molar refractivity (Wildman–Crippen MR) is 119 cm³/mol. The van der Waals surface area contributed by atoms with Crippen LogP contribution in [0.5, 0.6) is 11.5 Å². The maximum Gasteiger partial charge on any atom is 0.387 e. The van der Waals surface area contributed by atoms with Crippen LogP contribution in [0.2, 0.25) is 0 Å². The van der Waals surface area contributed by atoms with Crippen molar-refractivity contribution in [2.45, 2.75) is 19.6 Å². The molecule has 3 rings (SSSR count). The fourth-order valence-electron chi connectivity index (χ4n) is 2.88. The number of hydrogen-bond donors (Lipinski definition) is 2. The highest BCUT2D eigenvalue weighted by molar-refractivity contribution is 7.13. The summed E-state index contributed by atoms with van der Waals surface area (Å²) in [6, 6.07) is 14.7. The average Bonchev–Trinajstić information content (AvgIpc) is 3.26. The Bertz CT molecular complexity index is 996. The van der Waals surface area contributed by atoms with Crippen LogP contribution in [0.4, 0.5) is 8.78 Å². The Balaban J connectivity index is 1.53. The lowest BCUT2D eigenvalue weighted by molar-refractivity contribution is -0.0504. The smallest absolute Gasteiger partial charge is 0.387 e. The fraction of sp³-hybridized carbons (Fsp3) is 0.273. The quantitative estimate of drug-likeness (QED) is 0.378. The van der Waals surface area contributed by atoms with Crippen molar-refractivity contribution in [2.24, 2.45) is 4.99 Å². The van der Waals surface area contributed by atoms with Crippen molar-refractivity contribution < 1.29 is 18.3 Å². The normalized spacial score (nSPS) is 11.5. The maximum atomic E-state index is 12.7. The summed E-state index contributed by atoms with van der Waals surface area (Å²) in [7, 11) is 3.16. The Hall–Kier alpha value is -3.20. The van der Waals surface area contributed by atoms with E-state index in [0.29, 0.717) is 23.8 Å². The predicted octanol–water partition coefficient (Wildman–Crippen LogP) is 4.33. The summed E-state index contributed by atoms with van der Waals surface area (Å²) >= 11 is 1.61. The van der Waals surface area contributed by atoms with Crippen molar-refractivity contribution in [1.29, 1.82) is 0 Å². The van der Waals surface area contributed by atoms with Crippen LogP contribution in [0, 0.1) is 0 Å². The highest BCUT2D eigenvalue weighted by atomic mass is 32.1. The number of benzene rings is 2. The number of alkyl halides is 2. The summed E-state index contributed by atoms with van der Waals surface area (Å²) in [5.74, 6) is 1.19. The number of ether oxygens (including phenoxy) is 2. The molecule has 9 heteroatoms. The number of rotatable bonds is 9. The molecule has 0 saturated carbocycles. The van der Waals surface area contributed by atoms with E-state index in [4.69, 9.17) is 4.74 Å². The molecule has 0 radical (unpaired) electrons. The molecule has 2 aromatic carbocycles. The largest absolute Gasteiger partial charge is 0.497 e. The van der Waals surface area contributed by atoms with E-state index in [1.807, 2.05) is 35.7 Å². The Morgan fingerprint density at radius 1 is 1.16 bits per heavy atom. The van der Waals surface area contributed by atoms with Crippen LogP contribution in [0.3, 0.4) is 0 Å². The van der Waals surface area contributed by atoms with Crippen molar-refractivity contribution >= 4 is 17.3 Å². The minimum atomic E-state index is -2.90. The molecule has 0 atom stereocenters. The zero-order valence-electron chi connectivity index (χ0n) is 17.3. The summed E-state index contributed by atoms with van der Waals surface area (Å²) in [5.41, 5.74) is 2.63. The summed E-state index contributed by atoms with van der Waals surface area (Å²) in [5, 5.41) is 9.35. The van der Waals surface area contributed by atoms with E-state index in [-0.39, 0.29) is 12.3 Å². The van der Waals surface area contributed by atoms with E-state index in [0.717, 1.165) is 22.7 Å². The number of halogens is 2. The molecule has 0 aliphatic heterocycles. The first kappa shape index (κ1) is 22.5. The van der Waals surface area contributed by atoms with Crippen molar-refractivity contribution in [3.8, 4) is 22.1 Å². The molecule has 0 amide bonds. The van der Waals surface area contributed by atoms with Crippen molar-refractivity contribution in [2.75, 3.05) is 20.7 Å². The van der Waals surface area contributed by atoms with E-state index in [2.05, 4.69) is 25.3 Å². The molecule has 6 nitrogen and oxygen atoms in total. The number of aliphatic imine (C=N–C) groups is 1. The zero-order valence-corrected chi connectivity index (χ0v) is 18.1. The van der Waals surface area contributed by atoms with Crippen LogP contribution in [-0.4, -0.2) is 38.3 Å². The van der Waals surface area contributed by atoms with Crippen LogP contribution < -0.4 is 20.1 Å². The van der Waals surface area contributed by atoms with Crippen molar-refractivity contribution in [3.05, 3.63) is 65.2 Å². The molecule has 0 bridgehead atoms. The Kier molecular flexibility index (Phi) is 8.17. The van der Waals surface area contributed by atoms with Crippen molar-refractivity contribution in [3.63, 3.8) is 0 Å². The second kappa shape index (κ2) is 11.3. The molecule has 31 heavy (non-hydrogen) atoms. The van der Waals surface area contributed by atoms with Crippen molar-refractivity contribution in [1.82, 2.24) is 15.6 Å². The van der Waals surface area contributed by atoms with Gasteiger partial charge in [0.1, 0.15) is 16.5 Å². The number of aromatic nitrogens is 1. The third-order valence-electron chi connectivity index (χ3n) is 4.40. The molecule has 1 aromatic heterocycles. The molecule has 164 valence electrons. The fourth-order valence-corrected chi connectivity index (χ4v) is 3.74. The monoisotopic (exact) mass is 446 g/mol. The highest BCUT2D eigenvalue weighted by Crippen LogP contribution is 2.26. The number of thiazole rings is 1. The van der Waals surface area contributed by atoms with E-state index in [1.165, 1.54) is 13.2 Å². The first-order valence-corrected chi connectivity index (χ1v) is 10.5.